The Morgan fingerprint density at radius 1 is 1.03 bits per heavy atom. The molecule has 4 aromatic rings. The molecule has 0 saturated carbocycles. The highest BCUT2D eigenvalue weighted by molar-refractivity contribution is 6.02. The molecular formula is C25H19F3N4O3. The fraction of sp³-hybridized carbons (Fsp3) is 0.120. The molecule has 0 radical (unpaired) electrons. The minimum atomic E-state index is -4.55. The standard InChI is InChI=1S/C25H19F3N4O3/c1-16-12-21(33)23(31-32(16)20-9-5-8-18(13-20)25(26,27)28)24(34)30-19-10-11-22(29-14-19)35-15-17-6-3-2-4-7-17/h2-14H,15H2,1H3,(H,30,34). The van der Waals surface area contributed by atoms with Gasteiger partial charge in [0.2, 0.25) is 11.3 Å². The molecule has 0 bridgehead atoms. The first-order valence-electron chi connectivity index (χ1n) is 10.4. The molecule has 10 heteroatoms. The monoisotopic (exact) mass is 480 g/mol. The van der Waals surface area contributed by atoms with Gasteiger partial charge in [-0.15, -0.1) is 0 Å². The number of amides is 1. The maximum absolute atomic E-state index is 13.1. The smallest absolute Gasteiger partial charge is 0.416 e. The van der Waals surface area contributed by atoms with Crippen molar-refractivity contribution in [2.45, 2.75) is 19.7 Å². The lowest BCUT2D eigenvalue weighted by atomic mass is 10.2. The lowest BCUT2D eigenvalue weighted by molar-refractivity contribution is -0.137. The number of carbonyl (C=O) groups is 1. The lowest BCUT2D eigenvalue weighted by Crippen LogP contribution is -2.27. The molecule has 0 aliphatic rings. The van der Waals surface area contributed by atoms with Crippen LogP contribution in [0.2, 0.25) is 0 Å². The zero-order chi connectivity index (χ0) is 25.0. The second-order valence-electron chi connectivity index (χ2n) is 7.57. The molecule has 0 aliphatic heterocycles. The van der Waals surface area contributed by atoms with Gasteiger partial charge in [-0.05, 0) is 36.8 Å². The van der Waals surface area contributed by atoms with Crippen LogP contribution in [0.5, 0.6) is 5.88 Å². The Bertz CT molecular complexity index is 1400. The first-order chi connectivity index (χ1) is 16.7. The van der Waals surface area contributed by atoms with E-state index in [4.69, 9.17) is 4.74 Å². The molecule has 1 N–H and O–H groups in total. The van der Waals surface area contributed by atoms with Crippen molar-refractivity contribution in [2.75, 3.05) is 5.32 Å². The van der Waals surface area contributed by atoms with Crippen molar-refractivity contribution in [1.29, 1.82) is 0 Å². The van der Waals surface area contributed by atoms with E-state index in [2.05, 4.69) is 15.4 Å². The van der Waals surface area contributed by atoms with Crippen LogP contribution in [0, 0.1) is 6.92 Å². The van der Waals surface area contributed by atoms with E-state index < -0.39 is 28.8 Å². The third-order valence-electron chi connectivity index (χ3n) is 4.96. The fourth-order valence-electron chi connectivity index (χ4n) is 3.24. The van der Waals surface area contributed by atoms with E-state index in [1.54, 1.807) is 12.1 Å². The molecule has 2 aromatic carbocycles. The quantitative estimate of drug-likeness (QED) is 0.429. The predicted octanol–water partition coefficient (Wildman–Crippen LogP) is 4.79. The van der Waals surface area contributed by atoms with Gasteiger partial charge in [0, 0.05) is 17.8 Å². The summed E-state index contributed by atoms with van der Waals surface area (Å²) in [5.41, 5.74) is -0.429. The van der Waals surface area contributed by atoms with E-state index in [0.717, 1.165) is 28.4 Å². The van der Waals surface area contributed by atoms with Crippen LogP contribution in [0.4, 0.5) is 18.9 Å². The van der Waals surface area contributed by atoms with Crippen molar-refractivity contribution in [3.8, 4) is 11.6 Å². The van der Waals surface area contributed by atoms with Crippen molar-refractivity contribution in [2.24, 2.45) is 0 Å². The van der Waals surface area contributed by atoms with Gasteiger partial charge in [-0.3, -0.25) is 9.59 Å². The molecule has 0 unspecified atom stereocenters. The van der Waals surface area contributed by atoms with Gasteiger partial charge in [0.15, 0.2) is 5.69 Å². The highest BCUT2D eigenvalue weighted by Crippen LogP contribution is 2.30. The number of hydrogen-bond acceptors (Lipinski definition) is 5. The highest BCUT2D eigenvalue weighted by Gasteiger charge is 2.30. The minimum absolute atomic E-state index is 0.0629. The molecule has 35 heavy (non-hydrogen) atoms. The molecule has 7 nitrogen and oxygen atoms in total. The summed E-state index contributed by atoms with van der Waals surface area (Å²) in [7, 11) is 0. The number of aryl methyl sites for hydroxylation is 1. The number of carbonyl (C=O) groups excluding carboxylic acids is 1. The van der Waals surface area contributed by atoms with Gasteiger partial charge in [-0.1, -0.05) is 36.4 Å². The van der Waals surface area contributed by atoms with Gasteiger partial charge in [0.25, 0.3) is 5.91 Å². The maximum atomic E-state index is 13.1. The molecular weight excluding hydrogens is 461 g/mol. The molecule has 0 fully saturated rings. The summed E-state index contributed by atoms with van der Waals surface area (Å²) in [5, 5.41) is 6.54. The SMILES string of the molecule is Cc1cc(=O)c(C(=O)Nc2ccc(OCc3ccccc3)nc2)nn1-c1cccc(C(F)(F)F)c1. The van der Waals surface area contributed by atoms with Crippen LogP contribution < -0.4 is 15.5 Å². The van der Waals surface area contributed by atoms with Crippen LogP contribution in [0.15, 0.2) is 83.8 Å². The molecule has 0 aliphatic carbocycles. The molecule has 4 rings (SSSR count). The second-order valence-corrected chi connectivity index (χ2v) is 7.57. The van der Waals surface area contributed by atoms with Crippen LogP contribution >= 0.6 is 0 Å². The molecule has 178 valence electrons. The van der Waals surface area contributed by atoms with Crippen molar-refractivity contribution >= 4 is 11.6 Å². The molecule has 0 spiro atoms. The number of nitrogens with one attached hydrogen (secondary N) is 1. The summed E-state index contributed by atoms with van der Waals surface area (Å²) < 4.78 is 46.0. The van der Waals surface area contributed by atoms with E-state index in [9.17, 15) is 22.8 Å². The first kappa shape index (κ1) is 23.7. The number of ether oxygens (including phenoxy) is 1. The minimum Gasteiger partial charge on any atom is -0.473 e. The van der Waals surface area contributed by atoms with Crippen molar-refractivity contribution in [1.82, 2.24) is 14.8 Å². The molecule has 2 aromatic heterocycles. The fourth-order valence-corrected chi connectivity index (χ4v) is 3.24. The van der Waals surface area contributed by atoms with Crippen LogP contribution in [-0.2, 0) is 12.8 Å². The number of anilines is 1. The number of benzene rings is 2. The summed E-state index contributed by atoms with van der Waals surface area (Å²) in [6, 6.07) is 18.2. The van der Waals surface area contributed by atoms with Crippen LogP contribution in [0.3, 0.4) is 0 Å². The van der Waals surface area contributed by atoms with Gasteiger partial charge in [-0.2, -0.15) is 18.3 Å². The number of rotatable bonds is 6. The summed E-state index contributed by atoms with van der Waals surface area (Å²) >= 11 is 0. The van der Waals surface area contributed by atoms with Crippen molar-refractivity contribution in [3.05, 3.63) is 112 Å². The second kappa shape index (κ2) is 9.80. The zero-order valence-electron chi connectivity index (χ0n) is 18.4. The van der Waals surface area contributed by atoms with E-state index >= 15 is 0 Å². The van der Waals surface area contributed by atoms with Crippen molar-refractivity contribution < 1.29 is 22.7 Å². The van der Waals surface area contributed by atoms with Crippen LogP contribution in [0.1, 0.15) is 27.3 Å². The summed E-state index contributed by atoms with van der Waals surface area (Å²) in [6.45, 7) is 1.83. The Morgan fingerprint density at radius 3 is 2.49 bits per heavy atom. The van der Waals surface area contributed by atoms with Gasteiger partial charge in [-0.25, -0.2) is 9.67 Å². The summed E-state index contributed by atoms with van der Waals surface area (Å²) in [4.78, 5) is 29.3. The Labute approximate surface area is 197 Å². The lowest BCUT2D eigenvalue weighted by Gasteiger charge is -2.13. The van der Waals surface area contributed by atoms with Crippen LogP contribution in [-0.4, -0.2) is 20.7 Å². The summed E-state index contributed by atoms with van der Waals surface area (Å²) in [5.74, 6) is -0.484. The Balaban J connectivity index is 1.51. The van der Waals surface area contributed by atoms with E-state index in [-0.39, 0.29) is 17.1 Å². The Kier molecular flexibility index (Phi) is 6.63. The normalized spacial score (nSPS) is 11.2. The van der Waals surface area contributed by atoms with Gasteiger partial charge in [0.1, 0.15) is 6.61 Å². The van der Waals surface area contributed by atoms with Gasteiger partial charge in [0.05, 0.1) is 23.1 Å². The number of aromatic nitrogens is 3. The zero-order valence-corrected chi connectivity index (χ0v) is 18.4. The number of pyridine rings is 1. The van der Waals surface area contributed by atoms with E-state index in [1.807, 2.05) is 30.3 Å². The Morgan fingerprint density at radius 2 is 1.80 bits per heavy atom. The van der Waals surface area contributed by atoms with Crippen molar-refractivity contribution in [3.63, 3.8) is 0 Å². The molecule has 2 heterocycles. The number of hydrogen-bond donors (Lipinski definition) is 1. The molecule has 0 atom stereocenters. The first-order valence-corrected chi connectivity index (χ1v) is 10.4. The highest BCUT2D eigenvalue weighted by atomic mass is 19.4. The largest absolute Gasteiger partial charge is 0.473 e. The number of nitrogens with zero attached hydrogens (tertiary/aromatic N) is 3. The van der Waals surface area contributed by atoms with E-state index in [1.165, 1.54) is 25.3 Å². The molecule has 1 amide bonds. The maximum Gasteiger partial charge on any atom is 0.416 e. The average Bonchev–Trinajstić information content (AvgIpc) is 2.84. The van der Waals surface area contributed by atoms with Gasteiger partial charge < -0.3 is 10.1 Å². The van der Waals surface area contributed by atoms with Gasteiger partial charge >= 0.3 is 6.18 Å². The topological polar surface area (TPSA) is 86.1 Å². The number of halogens is 3. The summed E-state index contributed by atoms with van der Waals surface area (Å²) in [6.07, 6.45) is -3.19. The predicted molar refractivity (Wildman–Crippen MR) is 123 cm³/mol. The van der Waals surface area contributed by atoms with E-state index in [0.29, 0.717) is 12.5 Å². The van der Waals surface area contributed by atoms with Crippen LogP contribution in [0.25, 0.3) is 5.69 Å². The third-order valence-corrected chi connectivity index (χ3v) is 4.96. The third kappa shape index (κ3) is 5.72. The molecule has 0 saturated heterocycles. The number of alkyl halides is 3. The Hall–Kier alpha value is -4.47. The average molecular weight is 480 g/mol.